The van der Waals surface area contributed by atoms with Crippen LogP contribution in [-0.4, -0.2) is 53.1 Å². The second kappa shape index (κ2) is 7.13. The Balaban J connectivity index is 1.37. The van der Waals surface area contributed by atoms with Crippen LogP contribution in [0.3, 0.4) is 0 Å². The number of anilines is 1. The molecule has 0 spiro atoms. The number of rotatable bonds is 4. The lowest BCUT2D eigenvalue weighted by Gasteiger charge is -2.27. The largest absolute Gasteiger partial charge is 0.472 e. The highest BCUT2D eigenvalue weighted by molar-refractivity contribution is 5.91. The van der Waals surface area contributed by atoms with Gasteiger partial charge in [0, 0.05) is 32.1 Å². The number of ether oxygens (including phenoxy) is 1. The van der Waals surface area contributed by atoms with Crippen LogP contribution in [0.5, 0.6) is 5.88 Å². The van der Waals surface area contributed by atoms with Gasteiger partial charge in [-0.3, -0.25) is 4.79 Å². The first-order valence-corrected chi connectivity index (χ1v) is 8.86. The van der Waals surface area contributed by atoms with Gasteiger partial charge in [-0.1, -0.05) is 0 Å². The summed E-state index contributed by atoms with van der Waals surface area (Å²) in [5, 5.41) is 0. The minimum Gasteiger partial charge on any atom is -0.472 e. The number of carbonyl (C=O) groups excluding carboxylic acids is 1. The molecule has 0 aliphatic carbocycles. The lowest BCUT2D eigenvalue weighted by Crippen LogP contribution is -2.31. The van der Waals surface area contributed by atoms with Crippen LogP contribution in [0, 0.1) is 0 Å². The fourth-order valence-corrected chi connectivity index (χ4v) is 3.43. The molecule has 1 amide bonds. The number of hydrogen-bond donors (Lipinski definition) is 0. The van der Waals surface area contributed by atoms with Crippen molar-refractivity contribution in [2.45, 2.75) is 31.8 Å². The molecular weight excluding hydrogens is 320 g/mol. The smallest absolute Gasteiger partial charge is 0.289 e. The number of aromatic nitrogens is 2. The predicted octanol–water partition coefficient (Wildman–Crippen LogP) is 2.35. The number of amides is 1. The van der Waals surface area contributed by atoms with Crippen LogP contribution in [0.15, 0.2) is 35.2 Å². The number of piperidine rings is 1. The molecule has 25 heavy (non-hydrogen) atoms. The fraction of sp³-hybridized carbons (Fsp3) is 0.500. The van der Waals surface area contributed by atoms with Gasteiger partial charge in [0.1, 0.15) is 18.2 Å². The lowest BCUT2D eigenvalue weighted by molar-refractivity contribution is 0.0740. The van der Waals surface area contributed by atoms with Crippen molar-refractivity contribution in [1.29, 1.82) is 0 Å². The zero-order valence-corrected chi connectivity index (χ0v) is 14.1. The maximum absolute atomic E-state index is 12.3. The summed E-state index contributed by atoms with van der Waals surface area (Å²) in [6.45, 7) is 3.27. The summed E-state index contributed by atoms with van der Waals surface area (Å²) in [4.78, 5) is 25.0. The standard InChI is InChI=1S/C18H22N4O3/c23-18(15-5-4-10-24-15)22-9-6-14(12-22)25-17-11-16(19-13-20-17)21-7-2-1-3-8-21/h4-5,10-11,13-14H,1-3,6-9,12H2. The van der Waals surface area contributed by atoms with Crippen LogP contribution >= 0.6 is 0 Å². The fourth-order valence-electron chi connectivity index (χ4n) is 3.43. The first kappa shape index (κ1) is 15.9. The monoisotopic (exact) mass is 342 g/mol. The summed E-state index contributed by atoms with van der Waals surface area (Å²) in [7, 11) is 0. The molecule has 7 heteroatoms. The van der Waals surface area contributed by atoms with Crippen molar-refractivity contribution in [2.75, 3.05) is 31.1 Å². The lowest BCUT2D eigenvalue weighted by atomic mass is 10.1. The van der Waals surface area contributed by atoms with Crippen molar-refractivity contribution in [1.82, 2.24) is 14.9 Å². The molecule has 0 radical (unpaired) electrons. The number of furan rings is 1. The van der Waals surface area contributed by atoms with Gasteiger partial charge in [0.15, 0.2) is 5.76 Å². The highest BCUT2D eigenvalue weighted by atomic mass is 16.5. The summed E-state index contributed by atoms with van der Waals surface area (Å²) in [6.07, 6.45) is 7.49. The third kappa shape index (κ3) is 3.60. The molecule has 1 atom stereocenters. The van der Waals surface area contributed by atoms with E-state index in [1.807, 2.05) is 6.07 Å². The van der Waals surface area contributed by atoms with E-state index in [-0.39, 0.29) is 12.0 Å². The normalized spacial score (nSPS) is 20.7. The number of hydrogen-bond acceptors (Lipinski definition) is 6. The van der Waals surface area contributed by atoms with Gasteiger partial charge in [-0.2, -0.15) is 0 Å². The highest BCUT2D eigenvalue weighted by Gasteiger charge is 2.29. The Bertz CT molecular complexity index is 713. The van der Waals surface area contributed by atoms with E-state index in [1.54, 1.807) is 23.4 Å². The number of likely N-dealkylation sites (tertiary alicyclic amines) is 1. The first-order valence-electron chi connectivity index (χ1n) is 8.86. The van der Waals surface area contributed by atoms with Crippen molar-refractivity contribution in [3.8, 4) is 5.88 Å². The van der Waals surface area contributed by atoms with Gasteiger partial charge in [0.2, 0.25) is 5.88 Å². The molecule has 2 aliphatic heterocycles. The Morgan fingerprint density at radius 3 is 2.88 bits per heavy atom. The molecule has 4 heterocycles. The van der Waals surface area contributed by atoms with Crippen molar-refractivity contribution >= 4 is 11.7 Å². The highest BCUT2D eigenvalue weighted by Crippen LogP contribution is 2.23. The van der Waals surface area contributed by atoms with Gasteiger partial charge < -0.3 is 19.0 Å². The molecule has 2 fully saturated rings. The molecule has 0 saturated carbocycles. The van der Waals surface area contributed by atoms with Crippen LogP contribution in [0.2, 0.25) is 0 Å². The van der Waals surface area contributed by atoms with Gasteiger partial charge in [-0.15, -0.1) is 0 Å². The predicted molar refractivity (Wildman–Crippen MR) is 91.7 cm³/mol. The molecule has 132 valence electrons. The molecule has 0 aromatic carbocycles. The minimum atomic E-state index is -0.0900. The molecule has 7 nitrogen and oxygen atoms in total. The second-order valence-corrected chi connectivity index (χ2v) is 6.52. The Kier molecular flexibility index (Phi) is 4.54. The molecule has 2 aliphatic rings. The first-order chi connectivity index (χ1) is 12.3. The zero-order valence-electron chi connectivity index (χ0n) is 14.1. The molecule has 2 aromatic rings. The SMILES string of the molecule is O=C(c1ccco1)N1CCC(Oc2cc(N3CCCCC3)ncn2)C1. The summed E-state index contributed by atoms with van der Waals surface area (Å²) < 4.78 is 11.2. The molecule has 4 rings (SSSR count). The van der Waals surface area contributed by atoms with Gasteiger partial charge in [0.25, 0.3) is 5.91 Å². The van der Waals surface area contributed by atoms with Crippen molar-refractivity contribution in [2.24, 2.45) is 0 Å². The molecular formula is C18H22N4O3. The number of nitrogens with zero attached hydrogens (tertiary/aromatic N) is 4. The van der Waals surface area contributed by atoms with Crippen molar-refractivity contribution in [3.05, 3.63) is 36.5 Å². The molecule has 0 bridgehead atoms. The van der Waals surface area contributed by atoms with Crippen LogP contribution < -0.4 is 9.64 Å². The average molecular weight is 342 g/mol. The average Bonchev–Trinajstić information content (AvgIpc) is 3.34. The zero-order chi connectivity index (χ0) is 17.1. The Morgan fingerprint density at radius 2 is 2.08 bits per heavy atom. The van der Waals surface area contributed by atoms with E-state index >= 15 is 0 Å². The summed E-state index contributed by atoms with van der Waals surface area (Å²) in [5.74, 6) is 1.78. The molecule has 0 N–H and O–H groups in total. The van der Waals surface area contributed by atoms with Crippen LogP contribution in [0.1, 0.15) is 36.2 Å². The molecule has 2 aromatic heterocycles. The topological polar surface area (TPSA) is 71.7 Å². The van der Waals surface area contributed by atoms with Gasteiger partial charge in [0.05, 0.1) is 12.8 Å². The Morgan fingerprint density at radius 1 is 1.20 bits per heavy atom. The maximum atomic E-state index is 12.3. The molecule has 1 unspecified atom stereocenters. The van der Waals surface area contributed by atoms with Gasteiger partial charge in [-0.05, 0) is 31.4 Å². The Labute approximate surface area is 146 Å². The van der Waals surface area contributed by atoms with Crippen molar-refractivity contribution < 1.29 is 13.9 Å². The van der Waals surface area contributed by atoms with E-state index in [0.29, 0.717) is 24.7 Å². The quantitative estimate of drug-likeness (QED) is 0.849. The van der Waals surface area contributed by atoms with Gasteiger partial charge >= 0.3 is 0 Å². The maximum Gasteiger partial charge on any atom is 0.289 e. The third-order valence-electron chi connectivity index (χ3n) is 4.76. The summed E-state index contributed by atoms with van der Waals surface area (Å²) in [6, 6.07) is 5.31. The minimum absolute atomic E-state index is 0.0528. The number of carbonyl (C=O) groups is 1. The van der Waals surface area contributed by atoms with Gasteiger partial charge in [-0.25, -0.2) is 9.97 Å². The van der Waals surface area contributed by atoms with E-state index in [2.05, 4.69) is 14.9 Å². The van der Waals surface area contributed by atoms with E-state index < -0.39 is 0 Å². The van der Waals surface area contributed by atoms with E-state index in [1.165, 1.54) is 25.5 Å². The van der Waals surface area contributed by atoms with E-state index in [9.17, 15) is 4.79 Å². The molecule has 2 saturated heterocycles. The van der Waals surface area contributed by atoms with Crippen molar-refractivity contribution in [3.63, 3.8) is 0 Å². The van der Waals surface area contributed by atoms with Crippen LogP contribution in [0.4, 0.5) is 5.82 Å². The summed E-state index contributed by atoms with van der Waals surface area (Å²) >= 11 is 0. The van der Waals surface area contributed by atoms with Crippen LogP contribution in [0.25, 0.3) is 0 Å². The van der Waals surface area contributed by atoms with Crippen LogP contribution in [-0.2, 0) is 0 Å². The van der Waals surface area contributed by atoms with E-state index in [4.69, 9.17) is 9.15 Å². The van der Waals surface area contributed by atoms with E-state index in [0.717, 1.165) is 25.3 Å². The third-order valence-corrected chi connectivity index (χ3v) is 4.76. The Hall–Kier alpha value is -2.57. The summed E-state index contributed by atoms with van der Waals surface area (Å²) in [5.41, 5.74) is 0. The second-order valence-electron chi connectivity index (χ2n) is 6.52.